The molecule has 39 heavy (non-hydrogen) atoms. The van der Waals surface area contributed by atoms with Gasteiger partial charge in [-0.05, 0) is 0 Å². The van der Waals surface area contributed by atoms with Crippen molar-refractivity contribution in [2.24, 2.45) is 0 Å². The van der Waals surface area contributed by atoms with E-state index in [1.54, 1.807) is 15.9 Å². The van der Waals surface area contributed by atoms with E-state index in [1.807, 2.05) is 0 Å². The summed E-state index contributed by atoms with van der Waals surface area (Å²) < 4.78 is 0.199. The molecule has 216 valence electrons. The number of hydrogen-bond donors (Lipinski definition) is 0. The Morgan fingerprint density at radius 3 is 1.62 bits per heavy atom. The van der Waals surface area contributed by atoms with Crippen LogP contribution in [0.3, 0.4) is 0 Å². The Kier molecular flexibility index (Phi) is 22.6. The van der Waals surface area contributed by atoms with Crippen molar-refractivity contribution in [2.75, 3.05) is 0 Å². The Hall–Kier alpha value is -0.0188. The van der Waals surface area contributed by atoms with Crippen molar-refractivity contribution in [1.29, 1.82) is 0 Å². The summed E-state index contributed by atoms with van der Waals surface area (Å²) in [5, 5.41) is 3.37. The fourth-order valence-corrected chi connectivity index (χ4v) is 8.79. The van der Waals surface area contributed by atoms with Gasteiger partial charge in [-0.1, -0.05) is 71.1 Å². The number of aryl methyl sites for hydroxylation is 1. The number of fused-ring (bicyclic) bond motifs is 1. The molecule has 3 rings (SSSR count). The molecule has 1 aliphatic carbocycles. The summed E-state index contributed by atoms with van der Waals surface area (Å²) in [7, 11) is -0.438. The molecule has 0 saturated heterocycles. The summed E-state index contributed by atoms with van der Waals surface area (Å²) >= 11 is 2.43. The molecule has 5 heteroatoms. The van der Waals surface area contributed by atoms with Gasteiger partial charge in [-0.3, -0.25) is 0 Å². The van der Waals surface area contributed by atoms with Gasteiger partial charge in [-0.2, -0.15) is 0 Å². The molecule has 0 saturated carbocycles. The molecule has 0 spiro atoms. The van der Waals surface area contributed by atoms with Crippen LogP contribution in [0.25, 0.3) is 6.08 Å². The van der Waals surface area contributed by atoms with Gasteiger partial charge >= 0.3 is 167 Å². The molecule has 2 aromatic carbocycles. The summed E-state index contributed by atoms with van der Waals surface area (Å²) in [5.41, 5.74) is 4.59. The van der Waals surface area contributed by atoms with E-state index in [0.29, 0.717) is 0 Å². The number of benzene rings is 2. The molecule has 0 amide bonds. The maximum atomic E-state index is 2.51. The van der Waals surface area contributed by atoms with Gasteiger partial charge < -0.3 is 37.2 Å². The van der Waals surface area contributed by atoms with Crippen molar-refractivity contribution in [3.63, 3.8) is 0 Å². The first-order chi connectivity index (χ1) is 17.6. The van der Waals surface area contributed by atoms with Crippen molar-refractivity contribution >= 4 is 20.8 Å². The predicted molar refractivity (Wildman–Crippen MR) is 160 cm³/mol. The number of hydrogen-bond acceptors (Lipinski definition) is 0. The molecule has 1 atom stereocenters. The Balaban J connectivity index is 0.00000481. The van der Waals surface area contributed by atoms with Crippen LogP contribution in [0, 0.1) is 0 Å². The Morgan fingerprint density at radius 1 is 0.615 bits per heavy atom. The zero-order chi connectivity index (χ0) is 25.5. The minimum atomic E-state index is -0.438. The van der Waals surface area contributed by atoms with Crippen LogP contribution < -0.4 is 42.4 Å². The van der Waals surface area contributed by atoms with Gasteiger partial charge in [-0.15, -0.1) is 0 Å². The number of allylic oxidation sites excluding steroid dienone is 1. The predicted octanol–water partition coefficient (Wildman–Crippen LogP) is 0.113. The fraction of sp³-hybridized carbons (Fsp3) is 0.588. The maximum Gasteiger partial charge on any atom is -1.00 e. The topological polar surface area (TPSA) is 0 Å². The molecule has 0 aromatic heterocycles. The molecule has 0 aliphatic heterocycles. The maximum absolute atomic E-state index is 2.51. The second-order valence-electron chi connectivity index (χ2n) is 11.4. The van der Waals surface area contributed by atoms with Crippen LogP contribution in [0.1, 0.15) is 133 Å². The third-order valence-electron chi connectivity index (χ3n) is 8.27. The molecule has 0 heterocycles. The normalized spacial score (nSPS) is 15.8. The first kappa shape index (κ1) is 39.0. The number of halogens is 3. The molecule has 0 fully saturated rings. The molecule has 1 aliphatic rings. The summed E-state index contributed by atoms with van der Waals surface area (Å²) in [6, 6.07) is 18.3. The van der Waals surface area contributed by atoms with Crippen molar-refractivity contribution in [3.8, 4) is 0 Å². The van der Waals surface area contributed by atoms with Crippen LogP contribution in [0.15, 0.2) is 53.7 Å². The van der Waals surface area contributed by atoms with E-state index in [9.17, 15) is 0 Å². The molecule has 2 aromatic rings. The standard InChI is InChI=1S/C34H51Si.3ClH.Ti/c1-3-4-5-6-7-8-9-10-11-12-13-14-15-16-17-18-23-30-24-20-22-27-33(30)35-34-28-31-25-19-21-26-32(31)29(34)2;;;;/h19-22,24-28H,3-18,23,35H2,1-2H3;3*1H;/q;;;;+3/p-3. The van der Waals surface area contributed by atoms with Crippen LogP contribution in [0.5, 0.6) is 0 Å². The minimum absolute atomic E-state index is 0. The Morgan fingerprint density at radius 2 is 1.08 bits per heavy atom. The summed E-state index contributed by atoms with van der Waals surface area (Å²) in [6.45, 7) is 4.73. The van der Waals surface area contributed by atoms with Crippen LogP contribution in [0.4, 0.5) is 0 Å². The number of rotatable bonds is 19. The number of unbranched alkanes of at least 4 members (excludes halogenated alkanes) is 15. The third-order valence-corrected chi connectivity index (χ3v) is 12.1. The quantitative estimate of drug-likeness (QED) is 0.151. The first-order valence-corrected chi connectivity index (χ1v) is 17.4. The zero-order valence-corrected chi connectivity index (χ0v) is 29.8. The smallest absolute Gasteiger partial charge is 1.00 e. The summed E-state index contributed by atoms with van der Waals surface area (Å²) in [5.74, 6) is 0. The molecule has 0 nitrogen and oxygen atoms in total. The largest absolute Gasteiger partial charge is 1.00 e. The van der Waals surface area contributed by atoms with E-state index in [0.717, 1.165) is 0 Å². The van der Waals surface area contributed by atoms with E-state index < -0.39 is 9.52 Å². The van der Waals surface area contributed by atoms with Gasteiger partial charge in [-0.25, -0.2) is 0 Å². The van der Waals surface area contributed by atoms with Gasteiger partial charge in [0.2, 0.25) is 0 Å². The van der Waals surface area contributed by atoms with Crippen molar-refractivity contribution in [2.45, 2.75) is 127 Å². The van der Waals surface area contributed by atoms with E-state index in [-0.39, 0.29) is 40.9 Å². The van der Waals surface area contributed by atoms with Gasteiger partial charge in [0.15, 0.2) is 0 Å². The molecule has 0 N–H and O–H groups in total. The Bertz CT molecular complexity index is 928. The fourth-order valence-electron chi connectivity index (χ4n) is 5.85. The Labute approximate surface area is 273 Å². The molecule has 0 bridgehead atoms. The van der Waals surface area contributed by atoms with Gasteiger partial charge in [0.25, 0.3) is 0 Å². The molecular formula is C34H51Cl3SiTi. The minimum Gasteiger partial charge on any atom is -1.00 e. The SMILES string of the molecule is CCCCCCCCCCCCCCCCCCc1ccccc1[SiH2]C1=Cc2ccccc2[C]1(C)[Ti+3].[Cl-].[Cl-].[Cl-]. The van der Waals surface area contributed by atoms with E-state index in [2.05, 4.69) is 88.9 Å². The van der Waals surface area contributed by atoms with Crippen LogP contribution in [-0.4, -0.2) is 9.52 Å². The first-order valence-electron chi connectivity index (χ1n) is 15.2. The average Bonchev–Trinajstić information content (AvgIpc) is 3.14. The second kappa shape index (κ2) is 22.6. The molecule has 0 radical (unpaired) electrons. The van der Waals surface area contributed by atoms with Crippen molar-refractivity contribution < 1.29 is 57.7 Å². The van der Waals surface area contributed by atoms with Crippen LogP contribution in [0.2, 0.25) is 0 Å². The van der Waals surface area contributed by atoms with Crippen LogP contribution >= 0.6 is 0 Å². The van der Waals surface area contributed by atoms with Crippen molar-refractivity contribution in [1.82, 2.24) is 0 Å². The second-order valence-corrected chi connectivity index (χ2v) is 14.8. The zero-order valence-electron chi connectivity index (χ0n) is 24.6. The van der Waals surface area contributed by atoms with E-state index >= 15 is 0 Å². The van der Waals surface area contributed by atoms with Crippen LogP contribution in [-0.2, 0) is 30.6 Å². The monoisotopic (exact) mass is 640 g/mol. The van der Waals surface area contributed by atoms with Crippen molar-refractivity contribution in [3.05, 3.63) is 70.4 Å². The van der Waals surface area contributed by atoms with E-state index in [1.165, 1.54) is 120 Å². The molecular weight excluding hydrogens is 591 g/mol. The summed E-state index contributed by atoms with van der Waals surface area (Å²) in [6.07, 6.45) is 26.8. The molecule has 1 unspecified atom stereocenters. The van der Waals surface area contributed by atoms with E-state index in [4.69, 9.17) is 0 Å². The average molecular weight is 642 g/mol. The van der Waals surface area contributed by atoms with Gasteiger partial charge in [0.05, 0.1) is 0 Å². The van der Waals surface area contributed by atoms with Gasteiger partial charge in [0, 0.05) is 0 Å². The third kappa shape index (κ3) is 13.7. The summed E-state index contributed by atoms with van der Waals surface area (Å²) in [4.78, 5) is 0. The van der Waals surface area contributed by atoms with Gasteiger partial charge in [0.1, 0.15) is 0 Å².